The van der Waals surface area contributed by atoms with E-state index >= 15 is 0 Å². The summed E-state index contributed by atoms with van der Waals surface area (Å²) in [6.45, 7) is 5.80. The average Bonchev–Trinajstić information content (AvgIpc) is 3.24. The van der Waals surface area contributed by atoms with Crippen LogP contribution in [0, 0.1) is 0 Å². The fourth-order valence-electron chi connectivity index (χ4n) is 3.59. The first-order chi connectivity index (χ1) is 14.6. The Morgan fingerprint density at radius 3 is 3.00 bits per heavy atom. The summed E-state index contributed by atoms with van der Waals surface area (Å²) in [5.41, 5.74) is 1.35. The molecule has 1 unspecified atom stereocenters. The zero-order valence-electron chi connectivity index (χ0n) is 17.7. The van der Waals surface area contributed by atoms with Gasteiger partial charge in [-0.3, -0.25) is 4.79 Å². The van der Waals surface area contributed by atoms with Crippen molar-refractivity contribution in [2.24, 2.45) is 0 Å². The minimum Gasteiger partial charge on any atom is -0.494 e. The van der Waals surface area contributed by atoms with E-state index in [2.05, 4.69) is 10.3 Å². The summed E-state index contributed by atoms with van der Waals surface area (Å²) in [7, 11) is 1.69. The highest BCUT2D eigenvalue weighted by atomic mass is 32.1. The summed E-state index contributed by atoms with van der Waals surface area (Å²) in [6.07, 6.45) is 3.06. The number of methoxy groups -OCH3 is 1. The summed E-state index contributed by atoms with van der Waals surface area (Å²) < 4.78 is 16.5. The zero-order chi connectivity index (χ0) is 21.3. The number of H-pyrrole nitrogens is 1. The Bertz CT molecular complexity index is 896. The van der Waals surface area contributed by atoms with Crippen LogP contribution in [0.4, 0.5) is 0 Å². The van der Waals surface area contributed by atoms with Gasteiger partial charge in [-0.05, 0) is 62.7 Å². The summed E-state index contributed by atoms with van der Waals surface area (Å²) in [5.74, 6) is 0.787. The molecule has 0 aliphatic carbocycles. The van der Waals surface area contributed by atoms with E-state index in [9.17, 15) is 4.79 Å². The van der Waals surface area contributed by atoms with Crippen LogP contribution in [0.25, 0.3) is 10.9 Å². The van der Waals surface area contributed by atoms with Crippen molar-refractivity contribution >= 4 is 28.2 Å². The lowest BCUT2D eigenvalue weighted by Gasteiger charge is -2.28. The molecule has 1 aromatic heterocycles. The third-order valence-electron chi connectivity index (χ3n) is 5.10. The average molecular weight is 434 g/mol. The van der Waals surface area contributed by atoms with Crippen LogP contribution in [-0.4, -0.2) is 61.1 Å². The maximum Gasteiger partial charge on any atom is 0.253 e. The van der Waals surface area contributed by atoms with Gasteiger partial charge in [-0.2, -0.15) is 0 Å². The maximum absolute atomic E-state index is 12.7. The van der Waals surface area contributed by atoms with Crippen LogP contribution in [0.3, 0.4) is 0 Å². The Morgan fingerprint density at radius 1 is 1.40 bits per heavy atom. The normalized spacial score (nSPS) is 16.0. The molecule has 1 atom stereocenters. The summed E-state index contributed by atoms with van der Waals surface area (Å²) >= 11 is 5.64. The van der Waals surface area contributed by atoms with Gasteiger partial charge in [0.15, 0.2) is 5.11 Å². The number of nitrogens with one attached hydrogen (secondary N) is 2. The highest BCUT2D eigenvalue weighted by Crippen LogP contribution is 2.20. The van der Waals surface area contributed by atoms with E-state index in [-0.39, 0.29) is 11.7 Å². The van der Waals surface area contributed by atoms with Gasteiger partial charge in [0, 0.05) is 49.9 Å². The monoisotopic (exact) mass is 433 g/mol. The van der Waals surface area contributed by atoms with Gasteiger partial charge in [-0.15, -0.1) is 0 Å². The number of rotatable bonds is 10. The molecule has 8 heteroatoms. The van der Waals surface area contributed by atoms with E-state index in [0.29, 0.717) is 37.0 Å². The van der Waals surface area contributed by atoms with Crippen LogP contribution >= 0.6 is 12.2 Å². The first kappa shape index (κ1) is 22.5. The Morgan fingerprint density at radius 2 is 2.27 bits per heavy atom. The van der Waals surface area contributed by atoms with Crippen molar-refractivity contribution in [3.63, 3.8) is 0 Å². The van der Waals surface area contributed by atoms with Crippen molar-refractivity contribution in [3.05, 3.63) is 40.2 Å². The molecule has 1 fully saturated rings. The van der Waals surface area contributed by atoms with E-state index in [1.54, 1.807) is 7.11 Å². The highest BCUT2D eigenvalue weighted by Gasteiger charge is 2.22. The fraction of sp³-hybridized carbons (Fsp3) is 0.545. The second-order valence-electron chi connectivity index (χ2n) is 7.40. The topological polar surface area (TPSA) is 75.8 Å². The quantitative estimate of drug-likeness (QED) is 0.441. The fourth-order valence-corrected chi connectivity index (χ4v) is 3.83. The Kier molecular flexibility index (Phi) is 8.48. The molecule has 0 spiro atoms. The number of aromatic nitrogens is 1. The molecule has 30 heavy (non-hydrogen) atoms. The van der Waals surface area contributed by atoms with Crippen LogP contribution in [-0.2, 0) is 16.0 Å². The van der Waals surface area contributed by atoms with Crippen molar-refractivity contribution in [3.8, 4) is 5.75 Å². The Labute approximate surface area is 182 Å². The molecule has 0 bridgehead atoms. The number of benzene rings is 1. The van der Waals surface area contributed by atoms with Crippen LogP contribution < -0.4 is 15.6 Å². The first-order valence-electron chi connectivity index (χ1n) is 10.5. The molecule has 3 rings (SSSR count). The Balaban J connectivity index is 1.78. The molecule has 1 aromatic carbocycles. The second kappa shape index (κ2) is 11.3. The molecule has 1 aliphatic rings. The third-order valence-corrected chi connectivity index (χ3v) is 5.50. The lowest BCUT2D eigenvalue weighted by atomic mass is 10.1. The standard InChI is InChI=1S/C22H31N3O4S/c1-3-28-18-7-8-20-16(13-18)12-17(21(26)24-20)14-25(15-19-6-4-11-29-19)22(30)23-9-5-10-27-2/h7-8,12-13,19H,3-6,9-11,14-15H2,1-2H3,(H,23,30)(H,24,26). The number of nitrogens with zero attached hydrogens (tertiary/aromatic N) is 1. The molecule has 2 aromatic rings. The lowest BCUT2D eigenvalue weighted by Crippen LogP contribution is -2.44. The largest absolute Gasteiger partial charge is 0.494 e. The minimum absolute atomic E-state index is 0.105. The number of hydrogen-bond donors (Lipinski definition) is 2. The first-order valence-corrected chi connectivity index (χ1v) is 10.9. The van der Waals surface area contributed by atoms with Gasteiger partial charge in [0.05, 0.1) is 19.3 Å². The van der Waals surface area contributed by atoms with Gasteiger partial charge >= 0.3 is 0 Å². The van der Waals surface area contributed by atoms with Crippen molar-refractivity contribution in [2.75, 3.05) is 40.0 Å². The van der Waals surface area contributed by atoms with Crippen LogP contribution in [0.1, 0.15) is 31.7 Å². The van der Waals surface area contributed by atoms with Gasteiger partial charge in [0.2, 0.25) is 0 Å². The Hall–Kier alpha value is -2.16. The van der Waals surface area contributed by atoms with E-state index in [4.69, 9.17) is 26.4 Å². The second-order valence-corrected chi connectivity index (χ2v) is 7.79. The lowest BCUT2D eigenvalue weighted by molar-refractivity contribution is 0.0896. The highest BCUT2D eigenvalue weighted by molar-refractivity contribution is 7.80. The van der Waals surface area contributed by atoms with E-state index in [1.165, 1.54) is 0 Å². The summed E-state index contributed by atoms with van der Waals surface area (Å²) in [6, 6.07) is 7.61. The van der Waals surface area contributed by atoms with Gasteiger partial charge in [-0.25, -0.2) is 0 Å². The molecule has 0 amide bonds. The molecule has 0 radical (unpaired) electrons. The van der Waals surface area contributed by atoms with Crippen LogP contribution in [0.2, 0.25) is 0 Å². The van der Waals surface area contributed by atoms with E-state index in [0.717, 1.165) is 49.1 Å². The number of aromatic amines is 1. The van der Waals surface area contributed by atoms with Crippen molar-refractivity contribution in [1.82, 2.24) is 15.2 Å². The number of pyridine rings is 1. The SMILES string of the molecule is CCOc1ccc2[nH]c(=O)c(CN(CC3CCCO3)C(=S)NCCCOC)cc2c1. The molecule has 7 nitrogen and oxygen atoms in total. The molecule has 1 aliphatic heterocycles. The molecule has 164 valence electrons. The molecular formula is C22H31N3O4S. The van der Waals surface area contributed by atoms with Gasteiger partial charge in [0.1, 0.15) is 5.75 Å². The van der Waals surface area contributed by atoms with E-state index < -0.39 is 0 Å². The zero-order valence-corrected chi connectivity index (χ0v) is 18.6. The number of hydrogen-bond acceptors (Lipinski definition) is 5. The molecule has 2 heterocycles. The maximum atomic E-state index is 12.7. The van der Waals surface area contributed by atoms with Crippen molar-refractivity contribution in [1.29, 1.82) is 0 Å². The van der Waals surface area contributed by atoms with Gasteiger partial charge in [0.25, 0.3) is 5.56 Å². The number of fused-ring (bicyclic) bond motifs is 1. The summed E-state index contributed by atoms with van der Waals surface area (Å²) in [5, 5.41) is 4.85. The van der Waals surface area contributed by atoms with E-state index in [1.807, 2.05) is 36.1 Å². The predicted octanol–water partition coefficient (Wildman–Crippen LogP) is 2.82. The number of thiocarbonyl (C=S) groups is 1. The molecule has 1 saturated heterocycles. The minimum atomic E-state index is -0.105. The molecular weight excluding hydrogens is 402 g/mol. The van der Waals surface area contributed by atoms with Gasteiger partial charge < -0.3 is 29.4 Å². The third kappa shape index (κ3) is 6.17. The van der Waals surface area contributed by atoms with Crippen molar-refractivity contribution in [2.45, 2.75) is 38.8 Å². The smallest absolute Gasteiger partial charge is 0.253 e. The number of ether oxygens (including phenoxy) is 3. The molecule has 0 saturated carbocycles. The predicted molar refractivity (Wildman–Crippen MR) is 122 cm³/mol. The van der Waals surface area contributed by atoms with Gasteiger partial charge in [-0.1, -0.05) is 0 Å². The van der Waals surface area contributed by atoms with Crippen LogP contribution in [0.15, 0.2) is 29.1 Å². The molecule has 2 N–H and O–H groups in total. The van der Waals surface area contributed by atoms with Crippen LogP contribution in [0.5, 0.6) is 5.75 Å². The van der Waals surface area contributed by atoms with Crippen molar-refractivity contribution < 1.29 is 14.2 Å². The summed E-state index contributed by atoms with van der Waals surface area (Å²) in [4.78, 5) is 17.7.